The van der Waals surface area contributed by atoms with Crippen LogP contribution in [0.1, 0.15) is 115 Å². The average molecular weight is 435 g/mol. The Morgan fingerprint density at radius 1 is 0.613 bits per heavy atom. The Kier molecular flexibility index (Phi) is 20.2. The van der Waals surface area contributed by atoms with Crippen molar-refractivity contribution < 1.29 is 14.6 Å². The highest BCUT2D eigenvalue weighted by Gasteiger charge is 2.04. The topological polar surface area (TPSA) is 38.7 Å². The second-order valence-corrected chi connectivity index (χ2v) is 9.03. The molecule has 0 radical (unpaired) electrons. The van der Waals surface area contributed by atoms with Crippen molar-refractivity contribution >= 4 is 0 Å². The lowest BCUT2D eigenvalue weighted by Crippen LogP contribution is -2.22. The highest BCUT2D eigenvalue weighted by molar-refractivity contribution is 5.13. The minimum Gasteiger partial charge on any atom is -0.388 e. The molecule has 1 aromatic rings. The number of hydrogen-bond donors (Lipinski definition) is 1. The van der Waals surface area contributed by atoms with E-state index in [9.17, 15) is 5.11 Å². The lowest BCUT2D eigenvalue weighted by Gasteiger charge is -2.12. The molecule has 0 aliphatic rings. The maximum absolute atomic E-state index is 9.91. The number of aliphatic hydroxyl groups is 1. The predicted molar refractivity (Wildman–Crippen MR) is 132 cm³/mol. The quantitative estimate of drug-likeness (QED) is 0.178. The van der Waals surface area contributed by atoms with Gasteiger partial charge < -0.3 is 14.6 Å². The first-order chi connectivity index (χ1) is 15.3. The zero-order valence-electron chi connectivity index (χ0n) is 20.4. The summed E-state index contributed by atoms with van der Waals surface area (Å²) in [7, 11) is 0. The van der Waals surface area contributed by atoms with Crippen molar-refractivity contribution in [1.29, 1.82) is 0 Å². The lowest BCUT2D eigenvalue weighted by atomic mass is 10.0. The highest BCUT2D eigenvalue weighted by atomic mass is 16.5. The predicted octanol–water partition coefficient (Wildman–Crippen LogP) is 7.84. The number of unbranched alkanes of at least 4 members (excludes halogenated alkanes) is 15. The molecule has 180 valence electrons. The molecule has 0 saturated heterocycles. The normalized spacial score (nSPS) is 12.3. The summed E-state index contributed by atoms with van der Waals surface area (Å²) >= 11 is 0. The molecule has 0 bridgehead atoms. The second kappa shape index (κ2) is 22.3. The van der Waals surface area contributed by atoms with Gasteiger partial charge in [0.2, 0.25) is 0 Å². The molecule has 0 fully saturated rings. The van der Waals surface area contributed by atoms with Crippen LogP contribution < -0.4 is 0 Å². The third-order valence-corrected chi connectivity index (χ3v) is 5.87. The number of rotatable bonds is 23. The van der Waals surface area contributed by atoms with Crippen molar-refractivity contribution in [3.8, 4) is 0 Å². The Balaban J connectivity index is 1.72. The molecule has 0 aromatic heterocycles. The Hall–Kier alpha value is -0.900. The van der Waals surface area contributed by atoms with E-state index in [-0.39, 0.29) is 0 Å². The van der Waals surface area contributed by atoms with Gasteiger partial charge in [-0.2, -0.15) is 0 Å². The third-order valence-electron chi connectivity index (χ3n) is 5.87. The van der Waals surface area contributed by atoms with Crippen LogP contribution in [0.4, 0.5) is 0 Å². The van der Waals surface area contributed by atoms with Crippen molar-refractivity contribution in [3.05, 3.63) is 35.9 Å². The fourth-order valence-corrected chi connectivity index (χ4v) is 3.91. The van der Waals surface area contributed by atoms with Crippen molar-refractivity contribution in [2.75, 3.05) is 19.8 Å². The average Bonchev–Trinajstić information content (AvgIpc) is 2.79. The Morgan fingerprint density at radius 2 is 1.06 bits per heavy atom. The number of benzene rings is 1. The largest absolute Gasteiger partial charge is 0.388 e. The molecule has 0 saturated carbocycles. The van der Waals surface area contributed by atoms with Gasteiger partial charge in [-0.1, -0.05) is 134 Å². The van der Waals surface area contributed by atoms with Gasteiger partial charge >= 0.3 is 0 Å². The summed E-state index contributed by atoms with van der Waals surface area (Å²) in [5, 5.41) is 9.91. The molecule has 0 heterocycles. The molecule has 0 amide bonds. The fourth-order valence-electron chi connectivity index (χ4n) is 3.91. The molecule has 1 aromatic carbocycles. The standard InChI is InChI=1S/C28H50O3/c1-2-3-4-5-6-7-8-9-10-11-12-13-14-15-16-20-23-30-25-28(29)26-31-24-27-21-18-17-19-22-27/h17-19,21-22,28-29H,2-16,20,23-26H2,1H3. The summed E-state index contributed by atoms with van der Waals surface area (Å²) in [4.78, 5) is 0. The van der Waals surface area contributed by atoms with E-state index < -0.39 is 6.10 Å². The minimum atomic E-state index is -0.537. The first-order valence-corrected chi connectivity index (χ1v) is 13.2. The molecular weight excluding hydrogens is 384 g/mol. The lowest BCUT2D eigenvalue weighted by molar-refractivity contribution is -0.0239. The molecule has 1 unspecified atom stereocenters. The maximum Gasteiger partial charge on any atom is 0.101 e. The van der Waals surface area contributed by atoms with E-state index in [4.69, 9.17) is 9.47 Å². The molecule has 1 rings (SSSR count). The molecule has 1 N–H and O–H groups in total. The smallest absolute Gasteiger partial charge is 0.101 e. The van der Waals surface area contributed by atoms with Crippen LogP contribution in [-0.4, -0.2) is 31.0 Å². The summed E-state index contributed by atoms with van der Waals surface area (Å²) in [5.41, 5.74) is 1.13. The molecule has 3 heteroatoms. The van der Waals surface area contributed by atoms with Crippen LogP contribution in [0, 0.1) is 0 Å². The van der Waals surface area contributed by atoms with Crippen LogP contribution in [0.3, 0.4) is 0 Å². The van der Waals surface area contributed by atoms with Gasteiger partial charge in [0.1, 0.15) is 6.10 Å². The van der Waals surface area contributed by atoms with Gasteiger partial charge in [0.15, 0.2) is 0 Å². The van der Waals surface area contributed by atoms with Crippen LogP contribution in [0.2, 0.25) is 0 Å². The van der Waals surface area contributed by atoms with Crippen LogP contribution in [0.5, 0.6) is 0 Å². The van der Waals surface area contributed by atoms with Gasteiger partial charge in [0, 0.05) is 6.61 Å². The van der Waals surface area contributed by atoms with Crippen LogP contribution in [-0.2, 0) is 16.1 Å². The highest BCUT2D eigenvalue weighted by Crippen LogP contribution is 2.13. The number of hydrogen-bond acceptors (Lipinski definition) is 3. The van der Waals surface area contributed by atoms with E-state index in [1.165, 1.54) is 96.3 Å². The zero-order chi connectivity index (χ0) is 22.2. The van der Waals surface area contributed by atoms with Crippen LogP contribution >= 0.6 is 0 Å². The summed E-state index contributed by atoms with van der Waals surface area (Å²) in [5.74, 6) is 0. The van der Waals surface area contributed by atoms with Gasteiger partial charge in [-0.15, -0.1) is 0 Å². The van der Waals surface area contributed by atoms with Crippen LogP contribution in [0.15, 0.2) is 30.3 Å². The van der Waals surface area contributed by atoms with Crippen molar-refractivity contribution in [2.45, 2.75) is 122 Å². The van der Waals surface area contributed by atoms with E-state index in [0.29, 0.717) is 19.8 Å². The molecule has 3 nitrogen and oxygen atoms in total. The molecule has 0 aliphatic heterocycles. The first kappa shape index (κ1) is 28.1. The summed E-state index contributed by atoms with van der Waals surface area (Å²) in [6.07, 6.45) is 21.5. The molecule has 31 heavy (non-hydrogen) atoms. The monoisotopic (exact) mass is 434 g/mol. The summed E-state index contributed by atoms with van der Waals surface area (Å²) in [6, 6.07) is 10.0. The van der Waals surface area contributed by atoms with Gasteiger partial charge in [0.25, 0.3) is 0 Å². The number of ether oxygens (including phenoxy) is 2. The third kappa shape index (κ3) is 19.5. The SMILES string of the molecule is CCCCCCCCCCCCCCCCCCOCC(O)COCc1ccccc1. The van der Waals surface area contributed by atoms with E-state index in [1.54, 1.807) is 0 Å². The maximum atomic E-state index is 9.91. The van der Waals surface area contributed by atoms with Crippen molar-refractivity contribution in [1.82, 2.24) is 0 Å². The summed E-state index contributed by atoms with van der Waals surface area (Å²) < 4.78 is 11.1. The zero-order valence-corrected chi connectivity index (χ0v) is 20.4. The van der Waals surface area contributed by atoms with Crippen LogP contribution in [0.25, 0.3) is 0 Å². The van der Waals surface area contributed by atoms with E-state index in [2.05, 4.69) is 6.92 Å². The van der Waals surface area contributed by atoms with Crippen molar-refractivity contribution in [2.24, 2.45) is 0 Å². The molecular formula is C28H50O3. The number of aliphatic hydroxyl groups excluding tert-OH is 1. The van der Waals surface area contributed by atoms with Gasteiger partial charge in [-0.25, -0.2) is 0 Å². The van der Waals surface area contributed by atoms with E-state index in [0.717, 1.165) is 18.6 Å². The molecule has 0 aliphatic carbocycles. The molecule has 0 spiro atoms. The first-order valence-electron chi connectivity index (χ1n) is 13.2. The Bertz CT molecular complexity index is 463. The van der Waals surface area contributed by atoms with Crippen molar-refractivity contribution in [3.63, 3.8) is 0 Å². The van der Waals surface area contributed by atoms with E-state index in [1.807, 2.05) is 30.3 Å². The fraction of sp³-hybridized carbons (Fsp3) is 0.786. The van der Waals surface area contributed by atoms with E-state index >= 15 is 0 Å². The van der Waals surface area contributed by atoms with Gasteiger partial charge in [-0.3, -0.25) is 0 Å². The summed E-state index contributed by atoms with van der Waals surface area (Å²) in [6.45, 7) is 4.26. The minimum absolute atomic E-state index is 0.327. The van der Waals surface area contributed by atoms with Gasteiger partial charge in [0.05, 0.1) is 19.8 Å². The molecule has 1 atom stereocenters. The second-order valence-electron chi connectivity index (χ2n) is 9.03. The Morgan fingerprint density at radius 3 is 1.58 bits per heavy atom. The van der Waals surface area contributed by atoms with Gasteiger partial charge in [-0.05, 0) is 12.0 Å². The Labute approximate surface area is 192 Å².